The first-order valence-electron chi connectivity index (χ1n) is 4.52. The molecule has 0 atom stereocenters. The Kier molecular flexibility index (Phi) is 4.39. The molecule has 4 nitrogen and oxygen atoms in total. The molecule has 0 radical (unpaired) electrons. The Hall–Kier alpha value is -1.26. The van der Waals surface area contributed by atoms with Gasteiger partial charge in [0.05, 0.1) is 11.6 Å². The van der Waals surface area contributed by atoms with E-state index in [1.807, 2.05) is 0 Å². The Morgan fingerprint density at radius 3 is 2.80 bits per heavy atom. The lowest BCUT2D eigenvalue weighted by Gasteiger charge is -2.08. The Morgan fingerprint density at radius 2 is 2.27 bits per heavy atom. The summed E-state index contributed by atoms with van der Waals surface area (Å²) in [5.41, 5.74) is 5.87. The first-order chi connectivity index (χ1) is 7.15. The molecule has 0 saturated carbocycles. The molecule has 0 spiro atoms. The lowest BCUT2D eigenvalue weighted by Crippen LogP contribution is -2.11. The number of aliphatic hydroxyl groups excluding tert-OH is 1. The van der Waals surface area contributed by atoms with E-state index in [9.17, 15) is 0 Å². The first-order valence-corrected chi connectivity index (χ1v) is 4.90. The van der Waals surface area contributed by atoms with Crippen LogP contribution in [0.1, 0.15) is 12.0 Å². The van der Waals surface area contributed by atoms with Gasteiger partial charge in [-0.25, -0.2) is 0 Å². The van der Waals surface area contributed by atoms with Gasteiger partial charge >= 0.3 is 0 Å². The van der Waals surface area contributed by atoms with E-state index in [2.05, 4.69) is 0 Å². The van der Waals surface area contributed by atoms with Gasteiger partial charge in [0.15, 0.2) is 0 Å². The summed E-state index contributed by atoms with van der Waals surface area (Å²) in [6.07, 6.45) is 0.560. The number of amidine groups is 1. The molecule has 82 valence electrons. The minimum atomic E-state index is -0.0289. The van der Waals surface area contributed by atoms with Crippen LogP contribution in [0.2, 0.25) is 5.02 Å². The molecule has 0 fully saturated rings. The number of nitrogens with two attached hydrogens (primary N) is 1. The highest BCUT2D eigenvalue weighted by Gasteiger charge is 2.04. The van der Waals surface area contributed by atoms with Crippen LogP contribution in [0.3, 0.4) is 0 Å². The maximum atomic E-state index is 8.57. The molecule has 1 rings (SSSR count). The highest BCUT2D eigenvalue weighted by Crippen LogP contribution is 2.25. The predicted octanol–water partition coefficient (Wildman–Crippen LogP) is 1.39. The summed E-state index contributed by atoms with van der Waals surface area (Å²) >= 11 is 5.91. The Balaban J connectivity index is 2.70. The fourth-order valence-corrected chi connectivity index (χ4v) is 1.27. The van der Waals surface area contributed by atoms with Gasteiger partial charge < -0.3 is 15.6 Å². The number of aliphatic hydroxyl groups is 1. The average molecular weight is 229 g/mol. The summed E-state index contributed by atoms with van der Waals surface area (Å²) in [6.45, 7) is 0.499. The van der Waals surface area contributed by atoms with Crippen molar-refractivity contribution >= 4 is 17.4 Å². The molecular formula is C10H13ClN2O2. The molecule has 1 aromatic rings. The molecule has 0 aliphatic heterocycles. The third-order valence-electron chi connectivity index (χ3n) is 1.80. The van der Waals surface area contributed by atoms with E-state index >= 15 is 0 Å². The van der Waals surface area contributed by atoms with E-state index in [0.29, 0.717) is 29.4 Å². The summed E-state index contributed by atoms with van der Waals surface area (Å²) < 4.78 is 5.31. The molecule has 0 saturated heterocycles. The van der Waals surface area contributed by atoms with Gasteiger partial charge in [0.1, 0.15) is 11.6 Å². The Bertz CT molecular complexity index is 355. The first kappa shape index (κ1) is 11.8. The number of nitrogens with one attached hydrogen (secondary N) is 1. The van der Waals surface area contributed by atoms with Gasteiger partial charge in [-0.2, -0.15) is 0 Å². The summed E-state index contributed by atoms with van der Waals surface area (Å²) in [5.74, 6) is 0.508. The number of benzene rings is 1. The Labute approximate surface area is 93.1 Å². The fourth-order valence-electron chi connectivity index (χ4n) is 1.03. The van der Waals surface area contributed by atoms with Crippen LogP contribution >= 0.6 is 11.6 Å². The van der Waals surface area contributed by atoms with E-state index in [1.165, 1.54) is 0 Å². The van der Waals surface area contributed by atoms with E-state index in [-0.39, 0.29) is 12.4 Å². The zero-order valence-electron chi connectivity index (χ0n) is 8.16. The number of rotatable bonds is 5. The van der Waals surface area contributed by atoms with E-state index in [1.54, 1.807) is 18.2 Å². The molecule has 0 aliphatic carbocycles. The van der Waals surface area contributed by atoms with Crippen molar-refractivity contribution in [2.45, 2.75) is 6.42 Å². The average Bonchev–Trinajstić information content (AvgIpc) is 2.20. The second kappa shape index (κ2) is 5.58. The van der Waals surface area contributed by atoms with Gasteiger partial charge in [-0.15, -0.1) is 0 Å². The van der Waals surface area contributed by atoms with Gasteiger partial charge in [-0.05, 0) is 18.2 Å². The molecule has 0 aromatic heterocycles. The van der Waals surface area contributed by atoms with Crippen molar-refractivity contribution in [3.63, 3.8) is 0 Å². The lowest BCUT2D eigenvalue weighted by molar-refractivity contribution is 0.233. The van der Waals surface area contributed by atoms with Crippen molar-refractivity contribution in [2.75, 3.05) is 13.2 Å². The van der Waals surface area contributed by atoms with E-state index in [4.69, 9.17) is 32.6 Å². The number of hydrogen-bond donors (Lipinski definition) is 3. The van der Waals surface area contributed by atoms with E-state index < -0.39 is 0 Å². The molecule has 15 heavy (non-hydrogen) atoms. The normalized spacial score (nSPS) is 10.0. The minimum absolute atomic E-state index is 0.0289. The maximum Gasteiger partial charge on any atom is 0.137 e. The van der Waals surface area contributed by atoms with Crippen LogP contribution in [0.4, 0.5) is 0 Å². The molecule has 1 aromatic carbocycles. The van der Waals surface area contributed by atoms with Crippen molar-refractivity contribution in [1.29, 1.82) is 5.41 Å². The highest BCUT2D eigenvalue weighted by atomic mass is 35.5. The van der Waals surface area contributed by atoms with Crippen LogP contribution in [0.15, 0.2) is 18.2 Å². The maximum absolute atomic E-state index is 8.57. The van der Waals surface area contributed by atoms with Crippen LogP contribution in [-0.4, -0.2) is 24.2 Å². The lowest BCUT2D eigenvalue weighted by atomic mass is 10.2. The summed E-state index contributed by atoms with van der Waals surface area (Å²) in [5, 5.41) is 16.2. The summed E-state index contributed by atoms with van der Waals surface area (Å²) in [6, 6.07) is 4.91. The molecule has 5 heteroatoms. The van der Waals surface area contributed by atoms with Crippen LogP contribution in [0.25, 0.3) is 0 Å². The van der Waals surface area contributed by atoms with Crippen molar-refractivity contribution in [1.82, 2.24) is 0 Å². The molecule has 0 amide bonds. The largest absolute Gasteiger partial charge is 0.492 e. The second-order valence-electron chi connectivity index (χ2n) is 2.98. The zero-order valence-corrected chi connectivity index (χ0v) is 8.92. The fraction of sp³-hybridized carbons (Fsp3) is 0.300. The third kappa shape index (κ3) is 3.42. The van der Waals surface area contributed by atoms with Crippen molar-refractivity contribution < 1.29 is 9.84 Å². The number of hydrogen-bond acceptors (Lipinski definition) is 3. The van der Waals surface area contributed by atoms with Gasteiger partial charge in [0, 0.05) is 18.6 Å². The number of nitrogen functional groups attached to an aromatic ring is 1. The highest BCUT2D eigenvalue weighted by molar-refractivity contribution is 6.32. The van der Waals surface area contributed by atoms with Crippen LogP contribution in [0.5, 0.6) is 5.75 Å². The van der Waals surface area contributed by atoms with Crippen LogP contribution in [-0.2, 0) is 0 Å². The zero-order chi connectivity index (χ0) is 11.3. The van der Waals surface area contributed by atoms with Gasteiger partial charge in [0.2, 0.25) is 0 Å². The summed E-state index contributed by atoms with van der Waals surface area (Å²) in [7, 11) is 0. The standard InChI is InChI=1S/C10H13ClN2O2/c11-8-6-7(10(12)13)2-3-9(8)15-5-1-4-14/h2-3,6,14H,1,4-5H2,(H3,12,13). The molecule has 0 aliphatic rings. The van der Waals surface area contributed by atoms with Crippen LogP contribution < -0.4 is 10.5 Å². The third-order valence-corrected chi connectivity index (χ3v) is 2.10. The molecule has 4 N–H and O–H groups in total. The predicted molar refractivity (Wildman–Crippen MR) is 59.7 cm³/mol. The quantitative estimate of drug-likeness (QED) is 0.405. The molecule has 0 bridgehead atoms. The second-order valence-corrected chi connectivity index (χ2v) is 3.39. The van der Waals surface area contributed by atoms with Gasteiger partial charge in [-0.1, -0.05) is 11.6 Å². The topological polar surface area (TPSA) is 79.3 Å². The molecule has 0 unspecified atom stereocenters. The van der Waals surface area contributed by atoms with Crippen molar-refractivity contribution in [3.8, 4) is 5.75 Å². The smallest absolute Gasteiger partial charge is 0.137 e. The summed E-state index contributed by atoms with van der Waals surface area (Å²) in [4.78, 5) is 0. The Morgan fingerprint density at radius 1 is 1.53 bits per heavy atom. The van der Waals surface area contributed by atoms with Gasteiger partial charge in [-0.3, -0.25) is 5.41 Å². The minimum Gasteiger partial charge on any atom is -0.492 e. The van der Waals surface area contributed by atoms with Crippen LogP contribution in [0, 0.1) is 5.41 Å². The van der Waals surface area contributed by atoms with Crippen molar-refractivity contribution in [3.05, 3.63) is 28.8 Å². The van der Waals surface area contributed by atoms with Gasteiger partial charge in [0.25, 0.3) is 0 Å². The number of ether oxygens (including phenoxy) is 1. The molecular weight excluding hydrogens is 216 g/mol. The van der Waals surface area contributed by atoms with E-state index in [0.717, 1.165) is 0 Å². The number of halogens is 1. The monoisotopic (exact) mass is 228 g/mol. The van der Waals surface area contributed by atoms with Crippen molar-refractivity contribution in [2.24, 2.45) is 5.73 Å². The SMILES string of the molecule is N=C(N)c1ccc(OCCCO)c(Cl)c1. The molecule has 0 heterocycles.